The third-order valence-electron chi connectivity index (χ3n) is 1.64. The van der Waals surface area contributed by atoms with Crippen molar-refractivity contribution in [3.63, 3.8) is 0 Å². The van der Waals surface area contributed by atoms with Crippen molar-refractivity contribution in [2.24, 2.45) is 0 Å². The van der Waals surface area contributed by atoms with Gasteiger partial charge in [-0.2, -0.15) is 5.10 Å². The summed E-state index contributed by atoms with van der Waals surface area (Å²) in [5.41, 5.74) is 0.996. The van der Waals surface area contributed by atoms with E-state index in [0.29, 0.717) is 5.92 Å². The Morgan fingerprint density at radius 3 is 2.58 bits per heavy atom. The molecule has 0 saturated heterocycles. The molecule has 1 rings (SSSR count). The lowest BCUT2D eigenvalue weighted by molar-refractivity contribution is 0.122. The van der Waals surface area contributed by atoms with Gasteiger partial charge in [0.05, 0.1) is 6.20 Å². The van der Waals surface area contributed by atoms with E-state index in [1.807, 2.05) is 13.8 Å². The Bertz CT molecular complexity index is 243. The first-order valence-corrected chi connectivity index (χ1v) is 3.90. The van der Waals surface area contributed by atoms with Crippen molar-refractivity contribution in [1.29, 1.82) is 0 Å². The summed E-state index contributed by atoms with van der Waals surface area (Å²) < 4.78 is 25.0. The fourth-order valence-corrected chi connectivity index (χ4v) is 0.919. The number of halogens is 2. The predicted molar refractivity (Wildman–Crippen MR) is 42.3 cm³/mol. The lowest BCUT2D eigenvalue weighted by Crippen LogP contribution is -2.06. The third-order valence-corrected chi connectivity index (χ3v) is 1.64. The maximum Gasteiger partial charge on any atom is 0.257 e. The molecule has 0 aliphatic rings. The Morgan fingerprint density at radius 2 is 2.17 bits per heavy atom. The van der Waals surface area contributed by atoms with Gasteiger partial charge in [0.25, 0.3) is 6.43 Å². The molecule has 0 radical (unpaired) electrons. The predicted octanol–water partition coefficient (Wildman–Crippen LogP) is 2.27. The monoisotopic (exact) mass is 174 g/mol. The summed E-state index contributed by atoms with van der Waals surface area (Å²) in [6, 6.07) is 0. The minimum atomic E-state index is -2.33. The van der Waals surface area contributed by atoms with E-state index in [2.05, 4.69) is 5.10 Å². The molecule has 0 atom stereocenters. The maximum atomic E-state index is 11.9. The molecular weight excluding hydrogens is 162 g/mol. The first kappa shape index (κ1) is 9.16. The van der Waals surface area contributed by atoms with Crippen molar-refractivity contribution in [3.8, 4) is 0 Å². The van der Waals surface area contributed by atoms with Gasteiger partial charge in [0.15, 0.2) is 0 Å². The largest absolute Gasteiger partial charge is 0.267 e. The van der Waals surface area contributed by atoms with Gasteiger partial charge in [-0.1, -0.05) is 13.8 Å². The van der Waals surface area contributed by atoms with Crippen molar-refractivity contribution >= 4 is 0 Å². The van der Waals surface area contributed by atoms with Crippen LogP contribution in [-0.4, -0.2) is 16.2 Å². The van der Waals surface area contributed by atoms with Gasteiger partial charge >= 0.3 is 0 Å². The molecule has 0 unspecified atom stereocenters. The van der Waals surface area contributed by atoms with E-state index in [9.17, 15) is 8.78 Å². The molecule has 0 saturated carbocycles. The van der Waals surface area contributed by atoms with E-state index in [1.165, 1.54) is 4.68 Å². The summed E-state index contributed by atoms with van der Waals surface area (Å²) >= 11 is 0. The van der Waals surface area contributed by atoms with Crippen LogP contribution in [0.2, 0.25) is 0 Å². The van der Waals surface area contributed by atoms with E-state index >= 15 is 0 Å². The first-order chi connectivity index (χ1) is 5.59. The SMILES string of the molecule is CC(C)c1cnn(CC(F)F)c1. The molecule has 0 aliphatic carbocycles. The van der Waals surface area contributed by atoms with Gasteiger partial charge < -0.3 is 0 Å². The Labute approximate surface area is 70.2 Å². The second kappa shape index (κ2) is 3.65. The molecule has 0 aromatic carbocycles. The molecular formula is C8H12F2N2. The zero-order valence-electron chi connectivity index (χ0n) is 7.17. The van der Waals surface area contributed by atoms with Gasteiger partial charge in [-0.25, -0.2) is 8.78 Å². The van der Waals surface area contributed by atoms with Gasteiger partial charge in [-0.15, -0.1) is 0 Å². The van der Waals surface area contributed by atoms with Crippen molar-refractivity contribution in [3.05, 3.63) is 18.0 Å². The average Bonchev–Trinajstić information content (AvgIpc) is 2.34. The molecule has 1 aromatic heterocycles. The van der Waals surface area contributed by atoms with Crippen molar-refractivity contribution in [1.82, 2.24) is 9.78 Å². The topological polar surface area (TPSA) is 17.8 Å². The zero-order chi connectivity index (χ0) is 9.14. The second-order valence-corrected chi connectivity index (χ2v) is 3.04. The number of alkyl halides is 2. The highest BCUT2D eigenvalue weighted by molar-refractivity contribution is 5.08. The van der Waals surface area contributed by atoms with Crippen LogP contribution in [0.3, 0.4) is 0 Å². The maximum absolute atomic E-state index is 11.9. The lowest BCUT2D eigenvalue weighted by Gasteiger charge is -1.99. The smallest absolute Gasteiger partial charge is 0.257 e. The van der Waals surface area contributed by atoms with Crippen LogP contribution < -0.4 is 0 Å². The van der Waals surface area contributed by atoms with Crippen LogP contribution in [0.1, 0.15) is 25.3 Å². The minimum Gasteiger partial charge on any atom is -0.267 e. The Balaban J connectivity index is 2.64. The summed E-state index contributed by atoms with van der Waals surface area (Å²) in [6.45, 7) is 3.69. The first-order valence-electron chi connectivity index (χ1n) is 3.90. The lowest BCUT2D eigenvalue weighted by atomic mass is 10.1. The van der Waals surface area contributed by atoms with E-state index in [1.54, 1.807) is 12.4 Å². The van der Waals surface area contributed by atoms with Gasteiger partial charge in [0.1, 0.15) is 6.54 Å². The molecule has 2 nitrogen and oxygen atoms in total. The molecule has 0 aliphatic heterocycles. The minimum absolute atomic E-state index is 0.313. The Kier molecular flexibility index (Phi) is 2.78. The van der Waals surface area contributed by atoms with E-state index < -0.39 is 6.43 Å². The van der Waals surface area contributed by atoms with Crippen LogP contribution in [0, 0.1) is 0 Å². The van der Waals surface area contributed by atoms with Crippen LogP contribution in [-0.2, 0) is 6.54 Å². The van der Waals surface area contributed by atoms with Crippen molar-refractivity contribution < 1.29 is 8.78 Å². The highest BCUT2D eigenvalue weighted by atomic mass is 19.3. The van der Waals surface area contributed by atoms with Crippen molar-refractivity contribution in [2.45, 2.75) is 32.7 Å². The summed E-state index contributed by atoms with van der Waals surface area (Å²) in [7, 11) is 0. The summed E-state index contributed by atoms with van der Waals surface area (Å²) in [5.74, 6) is 0.344. The van der Waals surface area contributed by atoms with Gasteiger partial charge in [-0.05, 0) is 11.5 Å². The van der Waals surface area contributed by atoms with E-state index in [-0.39, 0.29) is 6.54 Å². The fourth-order valence-electron chi connectivity index (χ4n) is 0.919. The Hall–Kier alpha value is -0.930. The van der Waals surface area contributed by atoms with Crippen molar-refractivity contribution in [2.75, 3.05) is 0 Å². The molecule has 0 N–H and O–H groups in total. The summed E-state index contributed by atoms with van der Waals surface area (Å²) in [5, 5.41) is 3.81. The van der Waals surface area contributed by atoms with Crippen LogP contribution in [0.25, 0.3) is 0 Å². The molecule has 12 heavy (non-hydrogen) atoms. The normalized spacial score (nSPS) is 11.5. The molecule has 0 fully saturated rings. The third kappa shape index (κ3) is 2.29. The highest BCUT2D eigenvalue weighted by Gasteiger charge is 2.06. The quantitative estimate of drug-likeness (QED) is 0.687. The van der Waals surface area contributed by atoms with Crippen LogP contribution >= 0.6 is 0 Å². The standard InChI is InChI=1S/C8H12F2N2/c1-6(2)7-3-11-12(4-7)5-8(9)10/h3-4,6,8H,5H2,1-2H3. The van der Waals surface area contributed by atoms with Crippen LogP contribution in [0.15, 0.2) is 12.4 Å². The summed E-state index contributed by atoms with van der Waals surface area (Å²) in [6.07, 6.45) is 0.967. The van der Waals surface area contributed by atoms with E-state index in [4.69, 9.17) is 0 Å². The van der Waals surface area contributed by atoms with Gasteiger partial charge in [-0.3, -0.25) is 4.68 Å². The second-order valence-electron chi connectivity index (χ2n) is 3.04. The number of aromatic nitrogens is 2. The molecule has 1 heterocycles. The number of nitrogens with zero attached hydrogens (tertiary/aromatic N) is 2. The molecule has 68 valence electrons. The van der Waals surface area contributed by atoms with E-state index in [0.717, 1.165) is 5.56 Å². The molecule has 0 amide bonds. The average molecular weight is 174 g/mol. The van der Waals surface area contributed by atoms with Gasteiger partial charge in [0.2, 0.25) is 0 Å². The fraction of sp³-hybridized carbons (Fsp3) is 0.625. The van der Waals surface area contributed by atoms with Crippen LogP contribution in [0.4, 0.5) is 8.78 Å². The summed E-state index contributed by atoms with van der Waals surface area (Å²) in [4.78, 5) is 0. The molecule has 0 spiro atoms. The zero-order valence-corrected chi connectivity index (χ0v) is 7.17. The molecule has 4 heteroatoms. The van der Waals surface area contributed by atoms with Crippen LogP contribution in [0.5, 0.6) is 0 Å². The number of hydrogen-bond donors (Lipinski definition) is 0. The number of rotatable bonds is 3. The molecule has 1 aromatic rings. The highest BCUT2D eigenvalue weighted by Crippen LogP contribution is 2.12. The number of hydrogen-bond acceptors (Lipinski definition) is 1. The Morgan fingerprint density at radius 1 is 1.50 bits per heavy atom. The van der Waals surface area contributed by atoms with Gasteiger partial charge in [0, 0.05) is 6.20 Å². The molecule has 0 bridgehead atoms.